The highest BCUT2D eigenvalue weighted by atomic mass is 31.1. The minimum absolute atomic E-state index is 0.396. The van der Waals surface area contributed by atoms with E-state index in [1.165, 1.54) is 43.2 Å². The number of ether oxygens (including phenoxy) is 1. The van der Waals surface area contributed by atoms with E-state index in [2.05, 4.69) is 116 Å². The van der Waals surface area contributed by atoms with Crippen LogP contribution in [0.4, 0.5) is 0 Å². The molecule has 7 atom stereocenters. The van der Waals surface area contributed by atoms with Crippen LogP contribution in [0.1, 0.15) is 67.0 Å². The first-order valence-electron chi connectivity index (χ1n) is 14.0. The molecule has 0 aromatic heterocycles. The molecular weight excluding hydrogens is 486 g/mol. The molecule has 0 N–H and O–H groups in total. The van der Waals surface area contributed by atoms with Crippen LogP contribution in [0.5, 0.6) is 0 Å². The van der Waals surface area contributed by atoms with Crippen molar-refractivity contribution < 1.29 is 4.74 Å². The Bertz CT molecular complexity index is 1180. The quantitative estimate of drug-likeness (QED) is 0.239. The monoisotopic (exact) mass is 524 g/mol. The summed E-state index contributed by atoms with van der Waals surface area (Å²) < 4.78 is 5.76. The number of hydrogen-bond acceptors (Lipinski definition) is 1. The number of epoxide rings is 1. The Morgan fingerprint density at radius 2 is 1.35 bits per heavy atom. The van der Waals surface area contributed by atoms with Crippen LogP contribution >= 0.6 is 17.2 Å². The molecule has 3 aliphatic heterocycles. The van der Waals surface area contributed by atoms with Crippen LogP contribution in [0, 0.1) is 0 Å². The third-order valence-electron chi connectivity index (χ3n) is 8.64. The van der Waals surface area contributed by atoms with Crippen LogP contribution in [0.15, 0.2) is 115 Å². The van der Waals surface area contributed by atoms with Crippen molar-refractivity contribution in [2.24, 2.45) is 0 Å². The smallest absolute Gasteiger partial charge is 0.110 e. The first-order chi connectivity index (χ1) is 18.3. The summed E-state index contributed by atoms with van der Waals surface area (Å²) in [6.45, 7) is 2.36. The van der Waals surface area contributed by atoms with Gasteiger partial charge in [0.25, 0.3) is 0 Å². The molecule has 0 bridgehead atoms. The van der Waals surface area contributed by atoms with E-state index in [9.17, 15) is 0 Å². The lowest BCUT2D eigenvalue weighted by atomic mass is 9.89. The second-order valence-electron chi connectivity index (χ2n) is 10.8. The fourth-order valence-electron chi connectivity index (χ4n) is 6.45. The molecule has 3 saturated heterocycles. The van der Waals surface area contributed by atoms with Crippen molar-refractivity contribution in [2.75, 3.05) is 0 Å². The highest BCUT2D eigenvalue weighted by Gasteiger charge is 2.48. The lowest BCUT2D eigenvalue weighted by molar-refractivity contribution is 0.405. The maximum Gasteiger partial charge on any atom is 0.110 e. The number of allylic oxidation sites excluding steroid dienone is 2. The minimum Gasteiger partial charge on any atom is -0.360 e. The molecule has 4 aliphatic rings. The number of benzene rings is 3. The van der Waals surface area contributed by atoms with Crippen molar-refractivity contribution in [2.45, 2.75) is 73.4 Å². The summed E-state index contributed by atoms with van der Waals surface area (Å²) in [6.07, 6.45) is 14.1. The highest BCUT2D eigenvalue weighted by molar-refractivity contribution is 7.41. The van der Waals surface area contributed by atoms with Gasteiger partial charge in [0.1, 0.15) is 12.2 Å². The lowest BCUT2D eigenvalue weighted by Crippen LogP contribution is -2.16. The van der Waals surface area contributed by atoms with Crippen LogP contribution in [0.25, 0.3) is 0 Å². The molecule has 37 heavy (non-hydrogen) atoms. The van der Waals surface area contributed by atoms with Crippen LogP contribution < -0.4 is 0 Å². The summed E-state index contributed by atoms with van der Waals surface area (Å²) in [4.78, 5) is 0. The molecule has 3 fully saturated rings. The summed E-state index contributed by atoms with van der Waals surface area (Å²) >= 11 is 0. The molecule has 1 nitrogen and oxygen atoms in total. The van der Waals surface area contributed by atoms with Crippen molar-refractivity contribution in [1.29, 1.82) is 0 Å². The lowest BCUT2D eigenvalue weighted by Gasteiger charge is -2.29. The Labute approximate surface area is 226 Å². The fourth-order valence-corrected chi connectivity index (χ4v) is 10.6. The molecule has 3 heteroatoms. The second-order valence-corrected chi connectivity index (χ2v) is 14.5. The Balaban J connectivity index is 0.000000138. The average molecular weight is 525 g/mol. The summed E-state index contributed by atoms with van der Waals surface area (Å²) in [7, 11) is 2.05. The summed E-state index contributed by atoms with van der Waals surface area (Å²) in [6, 6.07) is 33.1. The van der Waals surface area contributed by atoms with Crippen LogP contribution in [-0.2, 0) is 9.89 Å². The zero-order valence-electron chi connectivity index (χ0n) is 21.7. The minimum atomic E-state index is 0.396. The number of fused-ring (bicyclic) bond motifs is 1. The Kier molecular flexibility index (Phi) is 7.76. The first-order valence-corrected chi connectivity index (χ1v) is 16.2. The van der Waals surface area contributed by atoms with Gasteiger partial charge in [0.2, 0.25) is 0 Å². The molecule has 0 saturated carbocycles. The van der Waals surface area contributed by atoms with Crippen molar-refractivity contribution >= 4 is 17.2 Å². The number of rotatable bonds is 5. The molecule has 3 heterocycles. The predicted octanol–water partition coefficient (Wildman–Crippen LogP) is 9.34. The van der Waals surface area contributed by atoms with Crippen molar-refractivity contribution in [3.8, 4) is 0 Å². The van der Waals surface area contributed by atoms with Gasteiger partial charge in [-0.15, -0.1) is 17.2 Å². The van der Waals surface area contributed by atoms with Gasteiger partial charge in [-0.3, -0.25) is 0 Å². The summed E-state index contributed by atoms with van der Waals surface area (Å²) in [5, 5.41) is 0.415. The zero-order chi connectivity index (χ0) is 25.1. The molecule has 7 rings (SSSR count). The van der Waals surface area contributed by atoms with E-state index in [0.717, 1.165) is 34.1 Å². The van der Waals surface area contributed by atoms with Gasteiger partial charge in [0.15, 0.2) is 0 Å². The third kappa shape index (κ3) is 5.56. The van der Waals surface area contributed by atoms with E-state index in [4.69, 9.17) is 4.74 Å². The van der Waals surface area contributed by atoms with Gasteiger partial charge in [-0.1, -0.05) is 116 Å². The fraction of sp³-hybridized carbons (Fsp3) is 0.353. The summed E-state index contributed by atoms with van der Waals surface area (Å²) in [5.41, 5.74) is 8.51. The van der Waals surface area contributed by atoms with Gasteiger partial charge in [-0.2, -0.15) is 0 Å². The van der Waals surface area contributed by atoms with Gasteiger partial charge in [-0.25, -0.2) is 0 Å². The van der Waals surface area contributed by atoms with Crippen LogP contribution in [0.3, 0.4) is 0 Å². The van der Waals surface area contributed by atoms with Gasteiger partial charge in [-0.05, 0) is 54.4 Å². The van der Waals surface area contributed by atoms with Gasteiger partial charge in [0.05, 0.1) is 0 Å². The molecule has 190 valence electrons. The number of hydrogen-bond donors (Lipinski definition) is 0. The SMILES string of the molecule is CC[C@]1(c2ccccc2)CC[C@H](C2=CC=CC3OC23)P1.c1ccc([C@H]2CC[C@H](c3ccccc3)P2)cc1. The van der Waals surface area contributed by atoms with E-state index < -0.39 is 0 Å². The van der Waals surface area contributed by atoms with Crippen molar-refractivity contribution in [3.05, 3.63) is 131 Å². The molecule has 0 radical (unpaired) electrons. The normalized spacial score (nSPS) is 32.4. The average Bonchev–Trinajstić information content (AvgIpc) is 3.40. The van der Waals surface area contributed by atoms with Gasteiger partial charge in [0, 0.05) is 22.1 Å². The molecule has 0 spiro atoms. The maximum absolute atomic E-state index is 5.76. The third-order valence-corrected chi connectivity index (χ3v) is 13.1. The largest absolute Gasteiger partial charge is 0.360 e. The van der Waals surface area contributed by atoms with E-state index >= 15 is 0 Å². The Hall–Kier alpha value is -2.04. The molecule has 3 unspecified atom stereocenters. The first kappa shape index (κ1) is 25.2. The Morgan fingerprint density at radius 3 is 1.95 bits per heavy atom. The van der Waals surface area contributed by atoms with Gasteiger partial charge < -0.3 is 4.74 Å². The van der Waals surface area contributed by atoms with Crippen LogP contribution in [0.2, 0.25) is 0 Å². The standard InChI is InChI=1S/C18H21OP.C16H17P/c1-2-18(13-7-4-3-5-8-13)12-11-16(20-18)14-9-6-10-15-17(14)19-15;1-3-7-13(8-4-1)15-11-12-16(17-15)14-9-5-2-6-10-14/h3-10,15-17,20H,2,11-12H2,1H3;1-10,15-17H,11-12H2/t15?,16-,17?,18-;15-,16-/m11/s1. The van der Waals surface area contributed by atoms with E-state index in [-0.39, 0.29) is 0 Å². The van der Waals surface area contributed by atoms with E-state index in [1.807, 2.05) is 0 Å². The van der Waals surface area contributed by atoms with E-state index in [0.29, 0.717) is 17.4 Å². The Morgan fingerprint density at radius 1 is 0.757 bits per heavy atom. The molecule has 1 aliphatic carbocycles. The zero-order valence-corrected chi connectivity index (χ0v) is 23.7. The molecule has 0 amide bonds. The van der Waals surface area contributed by atoms with Crippen molar-refractivity contribution in [1.82, 2.24) is 0 Å². The molecule has 3 aromatic rings. The van der Waals surface area contributed by atoms with Crippen molar-refractivity contribution in [3.63, 3.8) is 0 Å². The summed E-state index contributed by atoms with van der Waals surface area (Å²) in [5.74, 6) is 0. The topological polar surface area (TPSA) is 12.5 Å². The van der Waals surface area contributed by atoms with Gasteiger partial charge >= 0.3 is 0 Å². The van der Waals surface area contributed by atoms with E-state index in [1.54, 1.807) is 11.1 Å². The second kappa shape index (κ2) is 11.4. The maximum atomic E-state index is 5.76. The van der Waals surface area contributed by atoms with Crippen LogP contribution in [-0.4, -0.2) is 17.9 Å². The molecule has 3 aromatic carbocycles. The highest BCUT2D eigenvalue weighted by Crippen LogP contribution is 2.61. The predicted molar refractivity (Wildman–Crippen MR) is 162 cm³/mol. The molecular formula is C34H38OP2.